The summed E-state index contributed by atoms with van der Waals surface area (Å²) in [5, 5.41) is 0. The number of aromatic nitrogens is 1. The molecule has 2 rings (SSSR count). The molecule has 1 saturated heterocycles. The summed E-state index contributed by atoms with van der Waals surface area (Å²) in [7, 11) is 1.57. The number of pyridine rings is 1. The molecule has 1 fully saturated rings. The lowest BCUT2D eigenvalue weighted by Crippen LogP contribution is -2.43. The highest BCUT2D eigenvalue weighted by Gasteiger charge is 2.27. The second kappa shape index (κ2) is 5.39. The molecule has 0 aliphatic carbocycles. The van der Waals surface area contributed by atoms with Crippen LogP contribution in [0.1, 0.15) is 23.2 Å². The summed E-state index contributed by atoms with van der Waals surface area (Å²) in [5.41, 5.74) is -0.278. The van der Waals surface area contributed by atoms with Crippen molar-refractivity contribution in [3.8, 4) is 0 Å². The molecule has 1 aromatic rings. The van der Waals surface area contributed by atoms with Crippen LogP contribution in [0.15, 0.2) is 12.3 Å². The lowest BCUT2D eigenvalue weighted by Gasteiger charge is -2.32. The van der Waals surface area contributed by atoms with E-state index in [1.807, 2.05) is 0 Å². The first kappa shape index (κ1) is 12.9. The van der Waals surface area contributed by atoms with Gasteiger partial charge in [0.25, 0.3) is 5.91 Å². The maximum absolute atomic E-state index is 13.5. The number of piperidine rings is 1. The van der Waals surface area contributed by atoms with E-state index < -0.39 is 17.7 Å². The fourth-order valence-electron chi connectivity index (χ4n) is 2.07. The van der Waals surface area contributed by atoms with Gasteiger partial charge in [0.05, 0.1) is 11.7 Å². The molecule has 1 aliphatic rings. The number of carbonyl (C=O) groups excluding carboxylic acids is 1. The number of methoxy groups -OCH3 is 1. The van der Waals surface area contributed by atoms with E-state index in [1.165, 1.54) is 11.0 Å². The van der Waals surface area contributed by atoms with E-state index in [-0.39, 0.29) is 11.7 Å². The molecule has 0 saturated carbocycles. The summed E-state index contributed by atoms with van der Waals surface area (Å²) in [4.78, 5) is 16.7. The summed E-state index contributed by atoms with van der Waals surface area (Å²) < 4.78 is 31.6. The first-order valence-corrected chi connectivity index (χ1v) is 5.75. The smallest absolute Gasteiger partial charge is 0.257 e. The predicted molar refractivity (Wildman–Crippen MR) is 60.1 cm³/mol. The Morgan fingerprint density at radius 3 is 3.06 bits per heavy atom. The molecule has 4 nitrogen and oxygen atoms in total. The van der Waals surface area contributed by atoms with Crippen molar-refractivity contribution in [1.29, 1.82) is 0 Å². The summed E-state index contributed by atoms with van der Waals surface area (Å²) >= 11 is 0. The van der Waals surface area contributed by atoms with Gasteiger partial charge in [-0.2, -0.15) is 4.39 Å². The lowest BCUT2D eigenvalue weighted by atomic mass is 10.1. The number of rotatable bonds is 2. The van der Waals surface area contributed by atoms with Crippen LogP contribution in [-0.4, -0.2) is 42.1 Å². The quantitative estimate of drug-likeness (QED) is 0.755. The zero-order valence-corrected chi connectivity index (χ0v) is 10.0. The number of ether oxygens (including phenoxy) is 1. The van der Waals surface area contributed by atoms with E-state index in [0.717, 1.165) is 19.0 Å². The molecule has 98 valence electrons. The first-order valence-electron chi connectivity index (χ1n) is 5.75. The molecule has 1 aromatic heterocycles. The van der Waals surface area contributed by atoms with Crippen molar-refractivity contribution in [2.24, 2.45) is 0 Å². The maximum atomic E-state index is 13.5. The van der Waals surface area contributed by atoms with Crippen molar-refractivity contribution in [1.82, 2.24) is 9.88 Å². The Hall–Kier alpha value is -1.56. The summed E-state index contributed by atoms with van der Waals surface area (Å²) in [5.74, 6) is -2.96. The van der Waals surface area contributed by atoms with Gasteiger partial charge in [-0.3, -0.25) is 4.79 Å². The largest absolute Gasteiger partial charge is 0.380 e. The van der Waals surface area contributed by atoms with Gasteiger partial charge >= 0.3 is 0 Å². The summed E-state index contributed by atoms with van der Waals surface area (Å²) in [6.07, 6.45) is 2.70. The van der Waals surface area contributed by atoms with Gasteiger partial charge < -0.3 is 9.64 Å². The molecule has 0 bridgehead atoms. The van der Waals surface area contributed by atoms with Gasteiger partial charge in [-0.1, -0.05) is 0 Å². The highest BCUT2D eigenvalue weighted by molar-refractivity contribution is 5.94. The van der Waals surface area contributed by atoms with E-state index in [9.17, 15) is 13.6 Å². The second-order valence-electron chi connectivity index (χ2n) is 4.21. The third-order valence-corrected chi connectivity index (χ3v) is 3.08. The van der Waals surface area contributed by atoms with E-state index in [2.05, 4.69) is 4.98 Å². The topological polar surface area (TPSA) is 42.4 Å². The highest BCUT2D eigenvalue weighted by Crippen LogP contribution is 2.17. The Kier molecular flexibility index (Phi) is 3.86. The molecule has 0 N–H and O–H groups in total. The van der Waals surface area contributed by atoms with E-state index in [1.54, 1.807) is 7.11 Å². The fourth-order valence-corrected chi connectivity index (χ4v) is 2.07. The Labute approximate surface area is 104 Å². The minimum atomic E-state index is -1.25. The van der Waals surface area contributed by atoms with Crippen molar-refractivity contribution in [3.05, 3.63) is 29.6 Å². The number of hydrogen-bond acceptors (Lipinski definition) is 3. The average Bonchev–Trinajstić information content (AvgIpc) is 2.41. The molecule has 0 radical (unpaired) electrons. The van der Waals surface area contributed by atoms with Crippen LogP contribution in [0.2, 0.25) is 0 Å². The Balaban J connectivity index is 2.18. The minimum Gasteiger partial charge on any atom is -0.380 e. The Bertz CT molecular complexity index is 454. The molecule has 18 heavy (non-hydrogen) atoms. The van der Waals surface area contributed by atoms with Gasteiger partial charge in [-0.15, -0.1) is 0 Å². The number of hydrogen-bond donors (Lipinski definition) is 0. The molecule has 6 heteroatoms. The first-order chi connectivity index (χ1) is 8.63. The second-order valence-corrected chi connectivity index (χ2v) is 4.21. The summed E-state index contributed by atoms with van der Waals surface area (Å²) in [6, 6.07) is 1.19. The molecule has 0 spiro atoms. The molecular weight excluding hydrogens is 242 g/mol. The van der Waals surface area contributed by atoms with Crippen molar-refractivity contribution >= 4 is 5.91 Å². The number of carbonyl (C=O) groups is 1. The van der Waals surface area contributed by atoms with Crippen LogP contribution in [0.5, 0.6) is 0 Å². The molecule has 1 amide bonds. The van der Waals surface area contributed by atoms with Crippen LogP contribution in [0.3, 0.4) is 0 Å². The predicted octanol–water partition coefficient (Wildman–Crippen LogP) is 1.61. The zero-order valence-electron chi connectivity index (χ0n) is 10.0. The minimum absolute atomic E-state index is 0.0440. The number of likely N-dealkylation sites (tertiary alicyclic amines) is 1. The van der Waals surface area contributed by atoms with Gasteiger partial charge in [-0.05, 0) is 18.9 Å². The molecule has 1 atom stereocenters. The molecule has 2 heterocycles. The van der Waals surface area contributed by atoms with Gasteiger partial charge in [-0.25, -0.2) is 9.37 Å². The number of halogens is 2. The van der Waals surface area contributed by atoms with Gasteiger partial charge in [0.2, 0.25) is 5.95 Å². The van der Waals surface area contributed by atoms with Crippen LogP contribution in [0, 0.1) is 11.8 Å². The number of nitrogens with zero attached hydrogens (tertiary/aromatic N) is 2. The summed E-state index contributed by atoms with van der Waals surface area (Å²) in [6.45, 7) is 0.931. The Morgan fingerprint density at radius 1 is 1.56 bits per heavy atom. The molecular formula is C12H14F2N2O2. The van der Waals surface area contributed by atoms with Gasteiger partial charge in [0.15, 0.2) is 5.82 Å². The van der Waals surface area contributed by atoms with Crippen LogP contribution < -0.4 is 0 Å². The number of amides is 1. The van der Waals surface area contributed by atoms with E-state index in [0.29, 0.717) is 13.1 Å². The molecule has 1 aliphatic heterocycles. The molecule has 0 aromatic carbocycles. The lowest BCUT2D eigenvalue weighted by molar-refractivity contribution is 0.0265. The standard InChI is InChI=1S/C12H14F2N2O2/c1-18-8-3-2-6-16(7-8)12(17)9-4-5-15-11(14)10(9)13/h4-5,8H,2-3,6-7H2,1H3. The maximum Gasteiger partial charge on any atom is 0.257 e. The van der Waals surface area contributed by atoms with Crippen molar-refractivity contribution in [3.63, 3.8) is 0 Å². The zero-order chi connectivity index (χ0) is 13.1. The average molecular weight is 256 g/mol. The van der Waals surface area contributed by atoms with Crippen molar-refractivity contribution < 1.29 is 18.3 Å². The van der Waals surface area contributed by atoms with E-state index >= 15 is 0 Å². The van der Waals surface area contributed by atoms with E-state index in [4.69, 9.17) is 4.74 Å². The normalized spacial score (nSPS) is 19.9. The van der Waals surface area contributed by atoms with Crippen LogP contribution in [0.25, 0.3) is 0 Å². The third-order valence-electron chi connectivity index (χ3n) is 3.08. The van der Waals surface area contributed by atoms with Gasteiger partial charge in [0, 0.05) is 26.4 Å². The van der Waals surface area contributed by atoms with Crippen molar-refractivity contribution in [2.75, 3.05) is 20.2 Å². The monoisotopic (exact) mass is 256 g/mol. The Morgan fingerprint density at radius 2 is 2.33 bits per heavy atom. The van der Waals surface area contributed by atoms with Crippen LogP contribution in [-0.2, 0) is 4.74 Å². The van der Waals surface area contributed by atoms with Gasteiger partial charge in [0.1, 0.15) is 0 Å². The highest BCUT2D eigenvalue weighted by atomic mass is 19.2. The SMILES string of the molecule is COC1CCCN(C(=O)c2ccnc(F)c2F)C1. The fraction of sp³-hybridized carbons (Fsp3) is 0.500. The van der Waals surface area contributed by atoms with Crippen LogP contribution in [0.4, 0.5) is 8.78 Å². The molecule has 1 unspecified atom stereocenters. The van der Waals surface area contributed by atoms with Crippen molar-refractivity contribution in [2.45, 2.75) is 18.9 Å². The third kappa shape index (κ3) is 2.48. The van der Waals surface area contributed by atoms with Crippen LogP contribution >= 0.6 is 0 Å².